The summed E-state index contributed by atoms with van der Waals surface area (Å²) >= 11 is 6.38. The number of hydrogen-bond donors (Lipinski definition) is 3. The lowest BCUT2D eigenvalue weighted by molar-refractivity contribution is -0.135. The highest BCUT2D eigenvalue weighted by Gasteiger charge is 2.53. The Bertz CT molecular complexity index is 1430. The van der Waals surface area contributed by atoms with Crippen molar-refractivity contribution in [3.05, 3.63) is 76.8 Å². The van der Waals surface area contributed by atoms with Crippen molar-refractivity contribution in [1.82, 2.24) is 25.0 Å². The van der Waals surface area contributed by atoms with E-state index in [9.17, 15) is 25.1 Å². The average molecular weight is 536 g/mol. The molecule has 1 aromatic heterocycles. The standard InChI is InChI=1S/C26H26ClN7O4/c1-25(2,3)13-26(18-7-4-16(11-28)5-8-18)22(36)34(23(32-26)31-24(37)38)21(12-35)17-6-9-19(27)20(10-17)33-15-29-14-30-33/h4-10,14-15,21,35H,12-13H2,1-3H3,(H,31,32)(H,37,38)/t21?,26-/m1/s1. The number of nitriles is 1. The Balaban J connectivity index is 1.87. The number of aliphatic hydroxyl groups is 1. The third-order valence-corrected chi connectivity index (χ3v) is 6.42. The Labute approximate surface area is 224 Å². The summed E-state index contributed by atoms with van der Waals surface area (Å²) in [4.78, 5) is 35.9. The Morgan fingerprint density at radius 1 is 1.24 bits per heavy atom. The Morgan fingerprint density at radius 3 is 2.50 bits per heavy atom. The number of aromatic nitrogens is 3. The molecule has 38 heavy (non-hydrogen) atoms. The summed E-state index contributed by atoms with van der Waals surface area (Å²) in [5.41, 5.74) is -0.0679. The second kappa shape index (κ2) is 10.2. The van der Waals surface area contributed by atoms with Gasteiger partial charge in [-0.1, -0.05) is 50.6 Å². The van der Waals surface area contributed by atoms with Crippen LogP contribution >= 0.6 is 11.6 Å². The molecule has 2 aromatic carbocycles. The van der Waals surface area contributed by atoms with Gasteiger partial charge in [-0.2, -0.15) is 10.4 Å². The SMILES string of the molecule is CC(C)(C)C[C@]1(c2ccc(C#N)cc2)N=C(NC(=O)O)N(C(CO)c2ccc(Cl)c(-n3cncn3)c2)C1=O. The molecule has 4 rings (SSSR count). The highest BCUT2D eigenvalue weighted by molar-refractivity contribution is 6.32. The molecule has 3 aromatic rings. The minimum absolute atomic E-state index is 0.215. The van der Waals surface area contributed by atoms with Gasteiger partial charge in [0.05, 0.1) is 35.0 Å². The highest BCUT2D eigenvalue weighted by atomic mass is 35.5. The van der Waals surface area contributed by atoms with Gasteiger partial charge in [-0.05, 0) is 47.2 Å². The van der Waals surface area contributed by atoms with Crippen LogP contribution < -0.4 is 5.32 Å². The van der Waals surface area contributed by atoms with Crippen LogP contribution in [-0.2, 0) is 10.3 Å². The smallest absolute Gasteiger partial charge is 0.411 e. The number of benzene rings is 2. The highest BCUT2D eigenvalue weighted by Crippen LogP contribution is 2.45. The number of carbonyl (C=O) groups excluding carboxylic acids is 1. The number of rotatable bonds is 6. The van der Waals surface area contributed by atoms with E-state index >= 15 is 0 Å². The topological polar surface area (TPSA) is 157 Å². The molecule has 1 unspecified atom stereocenters. The van der Waals surface area contributed by atoms with Crippen molar-refractivity contribution in [2.45, 2.75) is 38.8 Å². The van der Waals surface area contributed by atoms with Crippen molar-refractivity contribution >= 4 is 29.6 Å². The predicted molar refractivity (Wildman–Crippen MR) is 139 cm³/mol. The number of halogens is 1. The monoisotopic (exact) mass is 535 g/mol. The molecule has 0 aliphatic carbocycles. The lowest BCUT2D eigenvalue weighted by Gasteiger charge is -2.34. The number of nitrogens with one attached hydrogen (secondary N) is 1. The van der Waals surface area contributed by atoms with Crippen LogP contribution in [-0.4, -0.2) is 54.4 Å². The van der Waals surface area contributed by atoms with E-state index < -0.39 is 35.6 Å². The van der Waals surface area contributed by atoms with Crippen molar-refractivity contribution in [1.29, 1.82) is 5.26 Å². The number of amides is 2. The van der Waals surface area contributed by atoms with E-state index in [-0.39, 0.29) is 12.4 Å². The lowest BCUT2D eigenvalue weighted by Crippen LogP contribution is -2.49. The van der Waals surface area contributed by atoms with Crippen LogP contribution in [0.2, 0.25) is 5.02 Å². The largest absolute Gasteiger partial charge is 0.465 e. The van der Waals surface area contributed by atoms with E-state index in [0.29, 0.717) is 27.4 Å². The molecule has 1 aliphatic heterocycles. The fourth-order valence-electron chi connectivity index (χ4n) is 4.63. The van der Waals surface area contributed by atoms with Crippen molar-refractivity contribution in [2.24, 2.45) is 10.4 Å². The molecule has 2 amide bonds. The quantitative estimate of drug-likeness (QED) is 0.435. The van der Waals surface area contributed by atoms with Gasteiger partial charge < -0.3 is 10.2 Å². The van der Waals surface area contributed by atoms with Crippen LogP contribution in [0, 0.1) is 16.7 Å². The van der Waals surface area contributed by atoms with Crippen molar-refractivity contribution in [3.8, 4) is 11.8 Å². The molecule has 0 radical (unpaired) electrons. The maximum atomic E-state index is 14.4. The molecule has 0 spiro atoms. The first-order chi connectivity index (χ1) is 18.0. The molecule has 1 aliphatic rings. The average Bonchev–Trinajstić information content (AvgIpc) is 3.48. The normalized spacial score (nSPS) is 18.2. The third kappa shape index (κ3) is 5.09. The van der Waals surface area contributed by atoms with Crippen LogP contribution in [0.25, 0.3) is 5.69 Å². The first kappa shape index (κ1) is 26.8. The molecule has 2 heterocycles. The van der Waals surface area contributed by atoms with Crippen LogP contribution in [0.5, 0.6) is 0 Å². The number of aliphatic hydroxyl groups excluding tert-OH is 1. The molecule has 0 saturated carbocycles. The molecule has 3 N–H and O–H groups in total. The second-order valence-electron chi connectivity index (χ2n) is 10.1. The van der Waals surface area contributed by atoms with Gasteiger partial charge in [-0.15, -0.1) is 0 Å². The maximum Gasteiger partial charge on any atom is 0.411 e. The van der Waals surface area contributed by atoms with Crippen molar-refractivity contribution < 1.29 is 19.8 Å². The summed E-state index contributed by atoms with van der Waals surface area (Å²) in [6.07, 6.45) is 1.62. The summed E-state index contributed by atoms with van der Waals surface area (Å²) in [6.45, 7) is 5.30. The summed E-state index contributed by atoms with van der Waals surface area (Å²) in [5.74, 6) is -0.732. The number of carboxylic acid groups (broad SMARTS) is 1. The minimum atomic E-state index is -1.50. The second-order valence-corrected chi connectivity index (χ2v) is 10.5. The van der Waals surface area contributed by atoms with Gasteiger partial charge in [0.25, 0.3) is 5.91 Å². The van der Waals surface area contributed by atoms with E-state index in [1.165, 1.54) is 22.2 Å². The maximum absolute atomic E-state index is 14.4. The number of aliphatic imine (C=N–C) groups is 1. The Kier molecular flexibility index (Phi) is 7.22. The van der Waals surface area contributed by atoms with Crippen LogP contribution in [0.15, 0.2) is 60.1 Å². The molecule has 0 saturated heterocycles. The molecule has 0 bridgehead atoms. The Morgan fingerprint density at radius 2 is 1.95 bits per heavy atom. The first-order valence-electron chi connectivity index (χ1n) is 11.7. The van der Waals surface area contributed by atoms with Gasteiger partial charge in [0.2, 0.25) is 5.96 Å². The molecule has 12 heteroatoms. The summed E-state index contributed by atoms with van der Waals surface area (Å²) in [7, 11) is 0. The van der Waals surface area contributed by atoms with Gasteiger partial charge in [0.15, 0.2) is 5.54 Å². The molecule has 196 valence electrons. The zero-order valence-corrected chi connectivity index (χ0v) is 21.7. The van der Waals surface area contributed by atoms with E-state index in [4.69, 9.17) is 11.6 Å². The summed E-state index contributed by atoms with van der Waals surface area (Å²) in [5, 5.41) is 36.1. The van der Waals surface area contributed by atoms with Gasteiger partial charge in [-0.3, -0.25) is 15.0 Å². The number of guanidine groups is 1. The molecule has 0 fully saturated rings. The summed E-state index contributed by atoms with van der Waals surface area (Å²) in [6, 6.07) is 12.4. The van der Waals surface area contributed by atoms with Gasteiger partial charge in [0, 0.05) is 0 Å². The van der Waals surface area contributed by atoms with Crippen LogP contribution in [0.3, 0.4) is 0 Å². The Hall–Kier alpha value is -4.27. The van der Waals surface area contributed by atoms with Gasteiger partial charge in [0.1, 0.15) is 12.7 Å². The molecule has 2 atom stereocenters. The molecular formula is C26H26ClN7O4. The lowest BCUT2D eigenvalue weighted by atomic mass is 9.75. The third-order valence-electron chi connectivity index (χ3n) is 6.10. The number of hydrogen-bond acceptors (Lipinski definition) is 7. The van der Waals surface area contributed by atoms with Crippen LogP contribution in [0.4, 0.5) is 4.79 Å². The summed E-state index contributed by atoms with van der Waals surface area (Å²) < 4.78 is 1.44. The number of nitrogens with zero attached hydrogens (tertiary/aromatic N) is 6. The van der Waals surface area contributed by atoms with E-state index in [1.54, 1.807) is 42.5 Å². The van der Waals surface area contributed by atoms with E-state index in [2.05, 4.69) is 26.5 Å². The van der Waals surface area contributed by atoms with Crippen molar-refractivity contribution in [2.75, 3.05) is 6.61 Å². The zero-order valence-electron chi connectivity index (χ0n) is 21.0. The predicted octanol–water partition coefficient (Wildman–Crippen LogP) is 3.62. The van der Waals surface area contributed by atoms with Crippen LogP contribution in [0.1, 0.15) is 49.9 Å². The first-order valence-corrected chi connectivity index (χ1v) is 12.1. The fourth-order valence-corrected chi connectivity index (χ4v) is 4.83. The fraction of sp³-hybridized carbons (Fsp3) is 0.308. The molecule has 11 nitrogen and oxygen atoms in total. The number of carbonyl (C=O) groups is 2. The van der Waals surface area contributed by atoms with E-state index in [0.717, 1.165) is 0 Å². The zero-order chi connectivity index (χ0) is 27.7. The van der Waals surface area contributed by atoms with E-state index in [1.807, 2.05) is 20.8 Å². The van der Waals surface area contributed by atoms with Crippen molar-refractivity contribution in [3.63, 3.8) is 0 Å². The molecular weight excluding hydrogens is 510 g/mol. The van der Waals surface area contributed by atoms with Gasteiger partial charge >= 0.3 is 6.09 Å². The minimum Gasteiger partial charge on any atom is -0.465 e. The van der Waals surface area contributed by atoms with Gasteiger partial charge in [-0.25, -0.2) is 19.5 Å².